The highest BCUT2D eigenvalue weighted by atomic mass is 32.2. The lowest BCUT2D eigenvalue weighted by atomic mass is 9.86. The van der Waals surface area contributed by atoms with Gasteiger partial charge in [-0.15, -0.1) is 0 Å². The highest BCUT2D eigenvalue weighted by Crippen LogP contribution is 2.42. The summed E-state index contributed by atoms with van der Waals surface area (Å²) in [5.74, 6) is -1.28. The van der Waals surface area contributed by atoms with Crippen LogP contribution in [0, 0.1) is 11.8 Å². The first-order valence-electron chi connectivity index (χ1n) is 20.9. The van der Waals surface area contributed by atoms with Crippen molar-refractivity contribution >= 4 is 37.4 Å². The number of sulfone groups is 2. The number of carbonyl (C=O) groups excluding carboxylic acids is 2. The Morgan fingerprint density at radius 2 is 1.21 bits per heavy atom. The van der Waals surface area contributed by atoms with Gasteiger partial charge in [0, 0.05) is 57.4 Å². The lowest BCUT2D eigenvalue weighted by Crippen LogP contribution is -2.48. The largest absolute Gasteiger partial charge is 0.426 e. The number of benzene rings is 1. The Bertz CT molecular complexity index is 2590. The van der Waals surface area contributed by atoms with Crippen LogP contribution in [0.5, 0.6) is 5.75 Å². The molecule has 17 nitrogen and oxygen atoms in total. The van der Waals surface area contributed by atoms with Gasteiger partial charge < -0.3 is 15.0 Å². The highest BCUT2D eigenvalue weighted by molar-refractivity contribution is 7.92. The average molecular weight is 1000 g/mol. The lowest BCUT2D eigenvalue weighted by Gasteiger charge is -2.37. The van der Waals surface area contributed by atoms with Crippen LogP contribution in [0.3, 0.4) is 0 Å². The number of rotatable bonds is 12. The summed E-state index contributed by atoms with van der Waals surface area (Å²) in [5, 5.41) is 17.8. The molecular weight excluding hydrogens is 947 g/mol. The SMILES string of the molecule is C.Cn1nc(C(F)F)cc1S(=O)(=O)C(C)(F)C1CCCCC1.Cn1nc(C(F)F)cc1S(=O)(=O)C(C)(F)C1CCN(C(=O)Nc2ccnnc2)CC1.O=C(Cc1ccnnc1)Oc1ccccc1. The summed E-state index contributed by atoms with van der Waals surface area (Å²) in [6.45, 7) is 2.24. The van der Waals surface area contributed by atoms with Gasteiger partial charge in [-0.25, -0.2) is 48.0 Å². The molecule has 68 heavy (non-hydrogen) atoms. The van der Waals surface area contributed by atoms with Gasteiger partial charge in [-0.05, 0) is 69.4 Å². The van der Waals surface area contributed by atoms with E-state index in [9.17, 15) is 44.0 Å². The van der Waals surface area contributed by atoms with Crippen LogP contribution < -0.4 is 10.1 Å². The first-order chi connectivity index (χ1) is 31.6. The third kappa shape index (κ3) is 13.2. The topological polar surface area (TPSA) is 214 Å². The zero-order valence-electron chi connectivity index (χ0n) is 36.9. The number of anilines is 1. The Morgan fingerprint density at radius 1 is 0.721 bits per heavy atom. The van der Waals surface area contributed by atoms with E-state index < -0.39 is 81.8 Å². The van der Waals surface area contributed by atoms with Crippen LogP contribution in [0.15, 0.2) is 89.4 Å². The van der Waals surface area contributed by atoms with Crippen molar-refractivity contribution in [3.8, 4) is 5.75 Å². The summed E-state index contributed by atoms with van der Waals surface area (Å²) >= 11 is 0. The molecule has 1 aliphatic heterocycles. The number of aromatic nitrogens is 8. The van der Waals surface area contributed by atoms with E-state index in [1.165, 1.54) is 31.4 Å². The zero-order valence-corrected chi connectivity index (χ0v) is 38.5. The van der Waals surface area contributed by atoms with Crippen molar-refractivity contribution < 1.29 is 57.5 Å². The molecule has 5 heterocycles. The van der Waals surface area contributed by atoms with Crippen LogP contribution in [0.4, 0.5) is 36.8 Å². The van der Waals surface area contributed by atoms with Gasteiger partial charge in [-0.2, -0.15) is 30.6 Å². The van der Waals surface area contributed by atoms with Crippen LogP contribution in [-0.4, -0.2) is 96.8 Å². The number of ether oxygens (including phenoxy) is 1. The van der Waals surface area contributed by atoms with Crippen LogP contribution >= 0.6 is 0 Å². The van der Waals surface area contributed by atoms with Crippen molar-refractivity contribution in [1.82, 2.24) is 44.9 Å². The highest BCUT2D eigenvalue weighted by Gasteiger charge is 2.51. The van der Waals surface area contributed by atoms with E-state index >= 15 is 8.78 Å². The normalized spacial score (nSPS) is 16.5. The zero-order chi connectivity index (χ0) is 49.2. The van der Waals surface area contributed by atoms with E-state index in [1.807, 2.05) is 18.2 Å². The smallest absolute Gasteiger partial charge is 0.321 e. The molecule has 7 rings (SSSR count). The number of esters is 1. The van der Waals surface area contributed by atoms with Crippen molar-refractivity contribution in [1.29, 1.82) is 0 Å². The monoisotopic (exact) mass is 1000 g/mol. The Hall–Kier alpha value is -5.98. The minimum atomic E-state index is -4.60. The standard InChI is InChI=1S/C17H21F3N6O3S.C13H19F3N2O2S.C12H10N2O2.CH4/c1-17(20,30(28,29)14-9-13(15(18)19)24-25(14)2)11-4-7-26(8-5-11)16(27)23-12-3-6-21-22-10-12;1-13(16,9-6-4-3-5-7-9)21(19,20)11-8-10(12(14)15)17-18(11)2;15-12(8-10-6-7-13-14-9-10)16-11-4-2-1-3-5-11;/h3,6,9-11,15H,4-5,7-8H2,1-2H3,(H,21,23,27);8-9,12H,3-7H2,1-2H3;1-7,9H,8H2;1H4. The molecule has 2 aliphatic rings. The second-order valence-electron chi connectivity index (χ2n) is 16.0. The van der Waals surface area contributed by atoms with Crippen molar-refractivity contribution in [2.45, 2.75) is 106 Å². The van der Waals surface area contributed by atoms with Gasteiger partial charge >= 0.3 is 12.0 Å². The van der Waals surface area contributed by atoms with Crippen LogP contribution in [0.2, 0.25) is 0 Å². The van der Waals surface area contributed by atoms with E-state index in [2.05, 4.69) is 35.9 Å². The van der Waals surface area contributed by atoms with E-state index in [1.54, 1.807) is 36.7 Å². The molecule has 1 N–H and O–H groups in total. The van der Waals surface area contributed by atoms with Crippen LogP contribution in [-0.2, 0) is 45.0 Å². The Balaban J connectivity index is 0.000000232. The number of nitrogens with zero attached hydrogens (tertiary/aromatic N) is 9. The van der Waals surface area contributed by atoms with Gasteiger partial charge in [0.1, 0.15) is 17.1 Å². The van der Waals surface area contributed by atoms with E-state index in [0.717, 1.165) is 54.1 Å². The first kappa shape index (κ1) is 54.6. The number of hydrogen-bond donors (Lipinski definition) is 1. The molecular formula is C43H54F6N10O7S2. The number of nitrogens with one attached hydrogen (secondary N) is 1. The second-order valence-corrected chi connectivity index (χ2v) is 20.5. The molecule has 2 unspecified atom stereocenters. The molecule has 25 heteroatoms. The maximum atomic E-state index is 15.6. The quantitative estimate of drug-likeness (QED) is 0.0710. The molecule has 4 aromatic heterocycles. The number of likely N-dealkylation sites (tertiary alicyclic amines) is 1. The molecule has 1 aromatic carbocycles. The maximum absolute atomic E-state index is 15.6. The molecule has 2 fully saturated rings. The number of hydrogen-bond acceptors (Lipinski definition) is 13. The molecule has 1 saturated heterocycles. The maximum Gasteiger partial charge on any atom is 0.321 e. The summed E-state index contributed by atoms with van der Waals surface area (Å²) in [6, 6.07) is 13.3. The molecule has 5 aromatic rings. The summed E-state index contributed by atoms with van der Waals surface area (Å²) in [4.78, 5) is 25.3. The van der Waals surface area contributed by atoms with Gasteiger partial charge in [0.25, 0.3) is 12.9 Å². The Labute approximate surface area is 390 Å². The van der Waals surface area contributed by atoms with Crippen molar-refractivity contribution in [3.05, 3.63) is 96.3 Å². The molecule has 2 atom stereocenters. The van der Waals surface area contributed by atoms with Gasteiger partial charge in [-0.1, -0.05) is 44.9 Å². The summed E-state index contributed by atoms with van der Waals surface area (Å²) in [7, 11) is -6.57. The average Bonchev–Trinajstić information content (AvgIpc) is 3.92. The van der Waals surface area contributed by atoms with Crippen LogP contribution in [0.1, 0.15) is 96.0 Å². The number of carbonyl (C=O) groups is 2. The predicted molar refractivity (Wildman–Crippen MR) is 236 cm³/mol. The van der Waals surface area contributed by atoms with Crippen molar-refractivity contribution in [2.75, 3.05) is 18.4 Å². The van der Waals surface area contributed by atoms with Gasteiger partial charge in [-0.3, -0.25) is 14.2 Å². The number of piperidine rings is 1. The van der Waals surface area contributed by atoms with Gasteiger partial charge in [0.2, 0.25) is 29.7 Å². The molecule has 372 valence electrons. The first-order valence-corrected chi connectivity index (χ1v) is 23.9. The number of aryl methyl sites for hydroxylation is 2. The fraction of sp³-hybridized carbons (Fsp3) is 0.488. The van der Waals surface area contributed by atoms with Crippen molar-refractivity contribution in [2.24, 2.45) is 25.9 Å². The van der Waals surface area contributed by atoms with E-state index in [4.69, 9.17) is 4.74 Å². The fourth-order valence-corrected chi connectivity index (χ4v) is 11.0. The molecule has 1 saturated carbocycles. The molecule has 0 radical (unpaired) electrons. The summed E-state index contributed by atoms with van der Waals surface area (Å²) in [5.41, 5.74) is -0.156. The molecule has 0 bridgehead atoms. The third-order valence-corrected chi connectivity index (χ3v) is 16.0. The Kier molecular flexibility index (Phi) is 18.8. The minimum Gasteiger partial charge on any atom is -0.426 e. The molecule has 2 amide bonds. The van der Waals surface area contributed by atoms with Gasteiger partial charge in [0.15, 0.2) is 10.1 Å². The van der Waals surface area contributed by atoms with Gasteiger partial charge in [0.05, 0.1) is 30.7 Å². The number of amides is 2. The summed E-state index contributed by atoms with van der Waals surface area (Å²) < 4.78 is 139. The summed E-state index contributed by atoms with van der Waals surface area (Å²) in [6.07, 6.45) is 3.93. The number of halogens is 6. The van der Waals surface area contributed by atoms with Crippen molar-refractivity contribution in [3.63, 3.8) is 0 Å². The van der Waals surface area contributed by atoms with E-state index in [-0.39, 0.29) is 45.7 Å². The minimum absolute atomic E-state index is 0. The third-order valence-electron chi connectivity index (χ3n) is 11.4. The Morgan fingerprint density at radius 3 is 1.65 bits per heavy atom. The predicted octanol–water partition coefficient (Wildman–Crippen LogP) is 8.21. The fourth-order valence-electron chi connectivity index (χ4n) is 7.54. The molecule has 1 aliphatic carbocycles. The number of para-hydroxylation sites is 1. The second kappa shape index (κ2) is 23.4. The number of alkyl halides is 6. The van der Waals surface area contributed by atoms with Crippen LogP contribution in [0.25, 0.3) is 0 Å². The molecule has 0 spiro atoms. The number of urea groups is 1. The van der Waals surface area contributed by atoms with E-state index in [0.29, 0.717) is 30.3 Å². The lowest BCUT2D eigenvalue weighted by molar-refractivity contribution is -0.133.